The first-order valence-electron chi connectivity index (χ1n) is 9.31. The molecule has 5 nitrogen and oxygen atoms in total. The van der Waals surface area contributed by atoms with Gasteiger partial charge in [0.25, 0.3) is 0 Å². The molecule has 1 fully saturated rings. The molecule has 27 heavy (non-hydrogen) atoms. The second kappa shape index (κ2) is 6.40. The number of fused-ring (bicyclic) bond motifs is 2. The second-order valence-corrected chi connectivity index (χ2v) is 7.06. The smallest absolute Gasteiger partial charge is 0.143 e. The number of hydrogen-bond donors (Lipinski definition) is 1. The summed E-state index contributed by atoms with van der Waals surface area (Å²) in [5.41, 5.74) is 4.61. The number of pyridine rings is 1. The summed E-state index contributed by atoms with van der Waals surface area (Å²) in [6.45, 7) is 1.89. The SMILES string of the molecule is N#Cc1cc(N2CCC(c3nc4ccccc4[nH]3)CC2)c2ccccc2n1. The molecule has 2 aromatic heterocycles. The number of rotatable bonds is 2. The maximum absolute atomic E-state index is 9.34. The van der Waals surface area contributed by atoms with Crippen molar-refractivity contribution in [2.45, 2.75) is 18.8 Å². The Morgan fingerprint density at radius 3 is 2.48 bits per heavy atom. The fraction of sp³-hybridized carbons (Fsp3) is 0.227. The number of hydrogen-bond acceptors (Lipinski definition) is 4. The lowest BCUT2D eigenvalue weighted by molar-refractivity contribution is 0.490. The Kier molecular flexibility index (Phi) is 3.75. The Balaban J connectivity index is 1.42. The van der Waals surface area contributed by atoms with Gasteiger partial charge in [0.1, 0.15) is 17.6 Å². The zero-order valence-corrected chi connectivity index (χ0v) is 14.9. The number of aromatic nitrogens is 3. The molecular weight excluding hydrogens is 334 g/mol. The number of nitrogens with one attached hydrogen (secondary N) is 1. The highest BCUT2D eigenvalue weighted by Gasteiger charge is 2.24. The highest BCUT2D eigenvalue weighted by Crippen LogP contribution is 2.33. The van der Waals surface area contributed by atoms with Crippen LogP contribution in [0.5, 0.6) is 0 Å². The molecular formula is C22H19N5. The number of para-hydroxylation sites is 3. The third-order valence-corrected chi connectivity index (χ3v) is 5.44. The van der Waals surface area contributed by atoms with Gasteiger partial charge in [0.15, 0.2) is 0 Å². The van der Waals surface area contributed by atoms with E-state index in [1.165, 1.54) is 0 Å². The molecule has 4 aromatic rings. The quantitative estimate of drug-likeness (QED) is 0.581. The van der Waals surface area contributed by atoms with Gasteiger partial charge in [0.05, 0.1) is 16.6 Å². The zero-order chi connectivity index (χ0) is 18.2. The van der Waals surface area contributed by atoms with Gasteiger partial charge in [-0.15, -0.1) is 0 Å². The lowest BCUT2D eigenvalue weighted by Gasteiger charge is -2.33. The Labute approximate surface area is 157 Å². The second-order valence-electron chi connectivity index (χ2n) is 7.06. The van der Waals surface area contributed by atoms with Crippen LogP contribution in [0.2, 0.25) is 0 Å². The van der Waals surface area contributed by atoms with Crippen LogP contribution in [0.25, 0.3) is 21.9 Å². The molecule has 1 N–H and O–H groups in total. The number of nitrogens with zero attached hydrogens (tertiary/aromatic N) is 4. The normalized spacial score (nSPS) is 15.3. The molecule has 0 saturated carbocycles. The highest BCUT2D eigenvalue weighted by molar-refractivity contribution is 5.92. The van der Waals surface area contributed by atoms with E-state index in [4.69, 9.17) is 4.98 Å². The Morgan fingerprint density at radius 1 is 0.963 bits per heavy atom. The number of H-pyrrole nitrogens is 1. The number of nitriles is 1. The Bertz CT molecular complexity index is 1130. The molecule has 0 bridgehead atoms. The van der Waals surface area contributed by atoms with Gasteiger partial charge in [-0.3, -0.25) is 0 Å². The molecule has 0 amide bonds. The minimum Gasteiger partial charge on any atom is -0.371 e. The van der Waals surface area contributed by atoms with Crippen molar-refractivity contribution in [3.8, 4) is 6.07 Å². The summed E-state index contributed by atoms with van der Waals surface area (Å²) in [7, 11) is 0. The highest BCUT2D eigenvalue weighted by atomic mass is 15.1. The summed E-state index contributed by atoms with van der Waals surface area (Å²) in [6.07, 6.45) is 2.08. The Hall–Kier alpha value is -3.39. The van der Waals surface area contributed by atoms with E-state index in [2.05, 4.69) is 39.1 Å². The average molecular weight is 353 g/mol. The van der Waals surface area contributed by atoms with Crippen molar-refractivity contribution < 1.29 is 0 Å². The topological polar surface area (TPSA) is 68.6 Å². The van der Waals surface area contributed by atoms with Crippen LogP contribution in [0.4, 0.5) is 5.69 Å². The van der Waals surface area contributed by atoms with Gasteiger partial charge in [-0.05, 0) is 37.1 Å². The number of piperidine rings is 1. The van der Waals surface area contributed by atoms with Crippen molar-refractivity contribution in [2.24, 2.45) is 0 Å². The standard InChI is InChI=1S/C22H19N5/c23-14-16-13-21(17-5-1-2-6-18(17)24-16)27-11-9-15(10-12-27)22-25-19-7-3-4-8-20(19)26-22/h1-8,13,15H,9-12H2,(H,25,26). The molecule has 5 rings (SSSR count). The van der Waals surface area contributed by atoms with Crippen LogP contribution >= 0.6 is 0 Å². The van der Waals surface area contributed by atoms with Crippen LogP contribution in [-0.4, -0.2) is 28.0 Å². The first-order valence-corrected chi connectivity index (χ1v) is 9.31. The largest absolute Gasteiger partial charge is 0.371 e. The third kappa shape index (κ3) is 2.80. The molecule has 3 heterocycles. The fourth-order valence-electron chi connectivity index (χ4n) is 4.04. The number of imidazole rings is 1. The van der Waals surface area contributed by atoms with Gasteiger partial charge >= 0.3 is 0 Å². The van der Waals surface area contributed by atoms with Crippen LogP contribution in [0.1, 0.15) is 30.3 Å². The van der Waals surface area contributed by atoms with E-state index in [9.17, 15) is 5.26 Å². The van der Waals surface area contributed by atoms with E-state index < -0.39 is 0 Å². The predicted molar refractivity (Wildman–Crippen MR) is 107 cm³/mol. The molecule has 0 atom stereocenters. The lowest BCUT2D eigenvalue weighted by atomic mass is 9.95. The summed E-state index contributed by atoms with van der Waals surface area (Å²) < 4.78 is 0. The van der Waals surface area contributed by atoms with E-state index in [-0.39, 0.29) is 0 Å². The van der Waals surface area contributed by atoms with E-state index in [1.54, 1.807) is 0 Å². The van der Waals surface area contributed by atoms with Gasteiger partial charge in [-0.25, -0.2) is 9.97 Å². The molecule has 0 aliphatic carbocycles. The molecule has 0 spiro atoms. The van der Waals surface area contributed by atoms with Crippen molar-refractivity contribution in [1.29, 1.82) is 5.26 Å². The van der Waals surface area contributed by atoms with E-state index in [0.717, 1.165) is 59.4 Å². The van der Waals surface area contributed by atoms with Crippen LogP contribution < -0.4 is 4.90 Å². The summed E-state index contributed by atoms with van der Waals surface area (Å²) in [6, 6.07) is 20.4. The molecule has 1 saturated heterocycles. The van der Waals surface area contributed by atoms with Crippen LogP contribution in [0.15, 0.2) is 54.6 Å². The van der Waals surface area contributed by atoms with Gasteiger partial charge in [0, 0.05) is 30.1 Å². The molecule has 2 aromatic carbocycles. The minimum atomic E-state index is 0.442. The van der Waals surface area contributed by atoms with Gasteiger partial charge in [0.2, 0.25) is 0 Å². The van der Waals surface area contributed by atoms with Crippen molar-refractivity contribution in [1.82, 2.24) is 15.0 Å². The summed E-state index contributed by atoms with van der Waals surface area (Å²) in [4.78, 5) is 15.1. The third-order valence-electron chi connectivity index (χ3n) is 5.44. The fourth-order valence-corrected chi connectivity index (χ4v) is 4.04. The molecule has 0 unspecified atom stereocenters. The monoisotopic (exact) mass is 353 g/mol. The number of benzene rings is 2. The van der Waals surface area contributed by atoms with Crippen LogP contribution in [-0.2, 0) is 0 Å². The molecule has 5 heteroatoms. The minimum absolute atomic E-state index is 0.442. The molecule has 132 valence electrons. The first kappa shape index (κ1) is 15.8. The van der Waals surface area contributed by atoms with Gasteiger partial charge in [-0.1, -0.05) is 30.3 Å². The summed E-state index contributed by atoms with van der Waals surface area (Å²) in [5.74, 6) is 1.53. The van der Waals surface area contributed by atoms with Crippen LogP contribution in [0, 0.1) is 11.3 Å². The predicted octanol–water partition coefficient (Wildman–Crippen LogP) is 4.37. The lowest BCUT2D eigenvalue weighted by Crippen LogP contribution is -2.33. The van der Waals surface area contributed by atoms with Gasteiger partial charge < -0.3 is 9.88 Å². The summed E-state index contributed by atoms with van der Waals surface area (Å²) >= 11 is 0. The first-order chi connectivity index (χ1) is 13.3. The number of anilines is 1. The average Bonchev–Trinajstić information content (AvgIpc) is 3.17. The van der Waals surface area contributed by atoms with Crippen molar-refractivity contribution in [3.63, 3.8) is 0 Å². The van der Waals surface area contributed by atoms with E-state index in [0.29, 0.717) is 11.6 Å². The summed E-state index contributed by atoms with van der Waals surface area (Å²) in [5, 5.41) is 10.4. The molecule has 1 aliphatic heterocycles. The van der Waals surface area contributed by atoms with E-state index in [1.807, 2.05) is 36.4 Å². The zero-order valence-electron chi connectivity index (χ0n) is 14.9. The van der Waals surface area contributed by atoms with Crippen molar-refractivity contribution in [2.75, 3.05) is 18.0 Å². The van der Waals surface area contributed by atoms with Crippen molar-refractivity contribution in [3.05, 3.63) is 66.1 Å². The van der Waals surface area contributed by atoms with Crippen molar-refractivity contribution >= 4 is 27.6 Å². The molecule has 0 radical (unpaired) electrons. The number of aromatic amines is 1. The van der Waals surface area contributed by atoms with Crippen LogP contribution in [0.3, 0.4) is 0 Å². The molecule has 1 aliphatic rings. The Morgan fingerprint density at radius 2 is 1.70 bits per heavy atom. The van der Waals surface area contributed by atoms with Gasteiger partial charge in [-0.2, -0.15) is 5.26 Å². The maximum Gasteiger partial charge on any atom is 0.143 e. The maximum atomic E-state index is 9.34. The van der Waals surface area contributed by atoms with E-state index >= 15 is 0 Å².